The molecule has 0 amide bonds. The number of fused-ring (bicyclic) bond motifs is 1. The van der Waals surface area contributed by atoms with Crippen LogP contribution in [0.25, 0.3) is 5.52 Å². The van der Waals surface area contributed by atoms with Crippen molar-refractivity contribution in [1.29, 1.82) is 0 Å². The first kappa shape index (κ1) is 10.2. The standard InChI is InChI=1S/C9H6FN3O3/c1-5(14)8-11-9(13(15)16)7-3-2-6(10)4-12(7)8/h2-4H,1H3. The highest BCUT2D eigenvalue weighted by Gasteiger charge is 2.24. The Morgan fingerprint density at radius 2 is 2.25 bits per heavy atom. The molecule has 0 atom stereocenters. The third-order valence-electron chi connectivity index (χ3n) is 2.07. The van der Waals surface area contributed by atoms with Crippen molar-refractivity contribution in [2.45, 2.75) is 6.92 Å². The van der Waals surface area contributed by atoms with E-state index in [4.69, 9.17) is 0 Å². The van der Waals surface area contributed by atoms with Crippen LogP contribution in [0.1, 0.15) is 17.5 Å². The Morgan fingerprint density at radius 3 is 2.81 bits per heavy atom. The largest absolute Gasteiger partial charge is 0.390 e. The van der Waals surface area contributed by atoms with Gasteiger partial charge < -0.3 is 10.1 Å². The number of pyridine rings is 1. The number of nitro groups is 1. The third kappa shape index (κ3) is 1.42. The van der Waals surface area contributed by atoms with Crippen molar-refractivity contribution in [2.24, 2.45) is 0 Å². The molecule has 2 rings (SSSR count). The van der Waals surface area contributed by atoms with Crippen LogP contribution in [0.2, 0.25) is 0 Å². The van der Waals surface area contributed by atoms with Gasteiger partial charge in [-0.3, -0.25) is 9.20 Å². The van der Waals surface area contributed by atoms with Crippen LogP contribution in [0.4, 0.5) is 10.2 Å². The van der Waals surface area contributed by atoms with E-state index in [9.17, 15) is 19.3 Å². The molecule has 2 heterocycles. The maximum atomic E-state index is 13.0. The van der Waals surface area contributed by atoms with E-state index in [-0.39, 0.29) is 11.3 Å². The van der Waals surface area contributed by atoms with Crippen LogP contribution < -0.4 is 0 Å². The van der Waals surface area contributed by atoms with Crippen molar-refractivity contribution in [3.8, 4) is 0 Å². The molecular formula is C9H6FN3O3. The molecule has 0 bridgehead atoms. The van der Waals surface area contributed by atoms with Crippen LogP contribution in [-0.2, 0) is 0 Å². The van der Waals surface area contributed by atoms with Gasteiger partial charge in [-0.25, -0.2) is 4.39 Å². The average molecular weight is 223 g/mol. The van der Waals surface area contributed by atoms with Crippen LogP contribution in [0.15, 0.2) is 18.3 Å². The second kappa shape index (κ2) is 3.37. The molecule has 0 aliphatic rings. The summed E-state index contributed by atoms with van der Waals surface area (Å²) >= 11 is 0. The zero-order valence-electron chi connectivity index (χ0n) is 8.18. The Morgan fingerprint density at radius 1 is 1.56 bits per heavy atom. The zero-order valence-corrected chi connectivity index (χ0v) is 8.18. The molecule has 16 heavy (non-hydrogen) atoms. The fourth-order valence-electron chi connectivity index (χ4n) is 1.43. The van der Waals surface area contributed by atoms with Gasteiger partial charge in [-0.2, -0.15) is 0 Å². The molecule has 0 N–H and O–H groups in total. The average Bonchev–Trinajstić information content (AvgIpc) is 2.56. The van der Waals surface area contributed by atoms with Crippen LogP contribution in [-0.4, -0.2) is 20.1 Å². The van der Waals surface area contributed by atoms with Crippen LogP contribution in [0.5, 0.6) is 0 Å². The zero-order chi connectivity index (χ0) is 11.9. The maximum Gasteiger partial charge on any atom is 0.390 e. The fraction of sp³-hybridized carbons (Fsp3) is 0.111. The summed E-state index contributed by atoms with van der Waals surface area (Å²) in [7, 11) is 0. The Bertz CT molecular complexity index is 605. The molecule has 6 nitrogen and oxygen atoms in total. The second-order valence-electron chi connectivity index (χ2n) is 3.17. The minimum Gasteiger partial charge on any atom is -0.358 e. The van der Waals surface area contributed by atoms with E-state index in [1.165, 1.54) is 13.0 Å². The third-order valence-corrected chi connectivity index (χ3v) is 2.07. The maximum absolute atomic E-state index is 13.0. The second-order valence-corrected chi connectivity index (χ2v) is 3.17. The Kier molecular flexibility index (Phi) is 2.15. The first-order valence-electron chi connectivity index (χ1n) is 4.33. The first-order valence-corrected chi connectivity index (χ1v) is 4.33. The van der Waals surface area contributed by atoms with Gasteiger partial charge in [0.05, 0.1) is 0 Å². The Labute approximate surface area is 88.5 Å². The summed E-state index contributed by atoms with van der Waals surface area (Å²) in [5.41, 5.74) is 0.0941. The van der Waals surface area contributed by atoms with Crippen molar-refractivity contribution in [2.75, 3.05) is 0 Å². The van der Waals surface area contributed by atoms with E-state index < -0.39 is 22.3 Å². The number of Topliss-reactive ketones (excluding diaryl/α,β-unsaturated/α-hetero) is 1. The SMILES string of the molecule is CC(=O)c1nc([N+](=O)[O-])c2ccc(F)cn12. The van der Waals surface area contributed by atoms with Crippen molar-refractivity contribution in [1.82, 2.24) is 9.38 Å². The topological polar surface area (TPSA) is 77.5 Å². The lowest BCUT2D eigenvalue weighted by Crippen LogP contribution is -2.00. The lowest BCUT2D eigenvalue weighted by atomic mass is 10.4. The minimum atomic E-state index is -0.709. The molecule has 0 unspecified atom stereocenters. The lowest BCUT2D eigenvalue weighted by Gasteiger charge is -1.94. The summed E-state index contributed by atoms with van der Waals surface area (Å²) in [5.74, 6) is -1.66. The molecule has 0 radical (unpaired) electrons. The van der Waals surface area contributed by atoms with Gasteiger partial charge in [0.15, 0.2) is 0 Å². The summed E-state index contributed by atoms with van der Waals surface area (Å²) in [6.45, 7) is 1.21. The molecule has 7 heteroatoms. The van der Waals surface area contributed by atoms with E-state index in [0.717, 1.165) is 16.7 Å². The van der Waals surface area contributed by atoms with Crippen LogP contribution in [0.3, 0.4) is 0 Å². The molecule has 0 aromatic carbocycles. The summed E-state index contributed by atoms with van der Waals surface area (Å²) in [6.07, 6.45) is 0.992. The van der Waals surface area contributed by atoms with E-state index in [0.29, 0.717) is 0 Å². The monoisotopic (exact) mass is 223 g/mol. The molecule has 0 saturated carbocycles. The molecule has 0 aliphatic carbocycles. The minimum absolute atomic E-state index is 0.0941. The summed E-state index contributed by atoms with van der Waals surface area (Å²) in [4.78, 5) is 24.7. The molecule has 2 aromatic rings. The molecule has 0 saturated heterocycles. The molecule has 0 fully saturated rings. The van der Waals surface area contributed by atoms with Gasteiger partial charge in [0.25, 0.3) is 5.82 Å². The van der Waals surface area contributed by atoms with E-state index in [1.807, 2.05) is 0 Å². The number of carbonyl (C=O) groups excluding carboxylic acids is 1. The predicted octanol–water partition coefficient (Wildman–Crippen LogP) is 1.58. The van der Waals surface area contributed by atoms with Gasteiger partial charge in [-0.1, -0.05) is 0 Å². The number of imidazole rings is 1. The van der Waals surface area contributed by atoms with Gasteiger partial charge in [0.2, 0.25) is 5.78 Å². The molecule has 82 valence electrons. The van der Waals surface area contributed by atoms with Crippen molar-refractivity contribution in [3.05, 3.63) is 40.1 Å². The highest BCUT2D eigenvalue weighted by molar-refractivity contribution is 5.92. The van der Waals surface area contributed by atoms with E-state index in [1.54, 1.807) is 0 Å². The number of hydrogen-bond donors (Lipinski definition) is 0. The van der Waals surface area contributed by atoms with Crippen LogP contribution >= 0.6 is 0 Å². The first-order chi connectivity index (χ1) is 7.50. The quantitative estimate of drug-likeness (QED) is 0.440. The number of halogens is 1. The number of rotatable bonds is 2. The lowest BCUT2D eigenvalue weighted by molar-refractivity contribution is -0.387. The molecule has 0 aliphatic heterocycles. The number of aromatic nitrogens is 2. The highest BCUT2D eigenvalue weighted by atomic mass is 19.1. The normalized spacial score (nSPS) is 10.6. The van der Waals surface area contributed by atoms with Gasteiger partial charge in [0, 0.05) is 13.1 Å². The number of ketones is 1. The Hall–Kier alpha value is -2.31. The van der Waals surface area contributed by atoms with Gasteiger partial charge >= 0.3 is 5.82 Å². The van der Waals surface area contributed by atoms with E-state index >= 15 is 0 Å². The summed E-state index contributed by atoms with van der Waals surface area (Å²) < 4.78 is 14.0. The number of hydrogen-bond acceptors (Lipinski definition) is 4. The molecular weight excluding hydrogens is 217 g/mol. The smallest absolute Gasteiger partial charge is 0.358 e. The number of carbonyl (C=O) groups is 1. The van der Waals surface area contributed by atoms with Crippen LogP contribution in [0, 0.1) is 15.9 Å². The molecule has 2 aromatic heterocycles. The molecule has 0 spiro atoms. The number of nitrogens with zero attached hydrogens (tertiary/aromatic N) is 3. The summed E-state index contributed by atoms with van der Waals surface area (Å²) in [6, 6.07) is 2.29. The highest BCUT2D eigenvalue weighted by Crippen LogP contribution is 2.21. The van der Waals surface area contributed by atoms with Gasteiger partial charge in [-0.15, -0.1) is 0 Å². The van der Waals surface area contributed by atoms with Crippen molar-refractivity contribution in [3.63, 3.8) is 0 Å². The van der Waals surface area contributed by atoms with Crippen molar-refractivity contribution >= 4 is 17.1 Å². The van der Waals surface area contributed by atoms with Gasteiger partial charge in [0.1, 0.15) is 11.3 Å². The fourth-order valence-corrected chi connectivity index (χ4v) is 1.43. The predicted molar refractivity (Wildman–Crippen MR) is 51.8 cm³/mol. The van der Waals surface area contributed by atoms with E-state index in [2.05, 4.69) is 4.98 Å². The van der Waals surface area contributed by atoms with Gasteiger partial charge in [-0.05, 0) is 22.0 Å². The van der Waals surface area contributed by atoms with Crippen molar-refractivity contribution < 1.29 is 14.1 Å². The Balaban J connectivity index is 2.87. The summed E-state index contributed by atoms with van der Waals surface area (Å²) in [5, 5.41) is 10.7.